The Labute approximate surface area is 140 Å². The number of aliphatic hydroxyl groups excluding tert-OH is 1. The van der Waals surface area contributed by atoms with Crippen molar-refractivity contribution in [2.45, 2.75) is 39.7 Å². The number of likely N-dealkylation sites (tertiary alicyclic amines) is 1. The Morgan fingerprint density at radius 1 is 1.30 bits per heavy atom. The van der Waals surface area contributed by atoms with Gasteiger partial charge in [0.2, 0.25) is 0 Å². The topological polar surface area (TPSA) is 57.1 Å². The minimum absolute atomic E-state index is 0. The first kappa shape index (κ1) is 19.9. The molecule has 0 spiro atoms. The van der Waals surface area contributed by atoms with Crippen molar-refractivity contribution in [1.29, 1.82) is 0 Å². The lowest BCUT2D eigenvalue weighted by atomic mass is 10.2. The Balaban J connectivity index is 0.00000361. The van der Waals surface area contributed by atoms with Crippen molar-refractivity contribution in [2.75, 3.05) is 39.4 Å². The maximum Gasteiger partial charge on any atom is 0.194 e. The first-order valence-corrected chi connectivity index (χ1v) is 7.42. The van der Waals surface area contributed by atoms with Crippen molar-refractivity contribution in [3.8, 4) is 0 Å². The van der Waals surface area contributed by atoms with Gasteiger partial charge >= 0.3 is 0 Å². The molecule has 5 nitrogen and oxygen atoms in total. The van der Waals surface area contributed by atoms with E-state index < -0.39 is 6.10 Å². The normalized spacial score (nSPS) is 17.2. The van der Waals surface area contributed by atoms with Crippen molar-refractivity contribution in [1.82, 2.24) is 10.2 Å². The highest BCUT2D eigenvalue weighted by molar-refractivity contribution is 14.0. The molecule has 0 aromatic rings. The number of aliphatic hydroxyl groups is 1. The molecule has 0 aromatic carbocycles. The monoisotopic (exact) mass is 399 g/mol. The smallest absolute Gasteiger partial charge is 0.194 e. The van der Waals surface area contributed by atoms with Gasteiger partial charge in [0.1, 0.15) is 0 Å². The van der Waals surface area contributed by atoms with Crippen molar-refractivity contribution in [3.05, 3.63) is 0 Å². The SMILES string of the molecule is CCNC(=NCC(O)COCC(C)C)N1CCCC1.I. The summed E-state index contributed by atoms with van der Waals surface area (Å²) in [6.07, 6.45) is 1.93. The molecule has 2 N–H and O–H groups in total. The molecule has 6 heteroatoms. The Hall–Kier alpha value is -0.0800. The van der Waals surface area contributed by atoms with Crippen LogP contribution in [0.15, 0.2) is 4.99 Å². The number of halogens is 1. The highest BCUT2D eigenvalue weighted by Crippen LogP contribution is 2.07. The van der Waals surface area contributed by atoms with E-state index in [1.165, 1.54) is 12.8 Å². The summed E-state index contributed by atoms with van der Waals surface area (Å²) in [6, 6.07) is 0. The summed E-state index contributed by atoms with van der Waals surface area (Å²) in [6.45, 7) is 10.7. The van der Waals surface area contributed by atoms with E-state index in [9.17, 15) is 5.11 Å². The lowest BCUT2D eigenvalue weighted by molar-refractivity contribution is 0.0300. The zero-order valence-electron chi connectivity index (χ0n) is 13.0. The minimum Gasteiger partial charge on any atom is -0.389 e. The summed E-state index contributed by atoms with van der Waals surface area (Å²) in [5.74, 6) is 1.42. The predicted octanol–water partition coefficient (Wildman–Crippen LogP) is 1.70. The molecule has 0 amide bonds. The average molecular weight is 399 g/mol. The van der Waals surface area contributed by atoms with Gasteiger partial charge in [-0.25, -0.2) is 0 Å². The number of nitrogens with one attached hydrogen (secondary N) is 1. The number of guanidine groups is 1. The summed E-state index contributed by atoms with van der Waals surface area (Å²) in [4.78, 5) is 6.75. The second-order valence-electron chi connectivity index (χ2n) is 5.47. The average Bonchev–Trinajstić information content (AvgIpc) is 2.87. The third-order valence-corrected chi connectivity index (χ3v) is 2.95. The summed E-state index contributed by atoms with van der Waals surface area (Å²) in [5, 5.41) is 13.1. The largest absolute Gasteiger partial charge is 0.389 e. The Kier molecular flexibility index (Phi) is 11.5. The van der Waals surface area contributed by atoms with Gasteiger partial charge in [-0.15, -0.1) is 24.0 Å². The molecular weight excluding hydrogens is 369 g/mol. The Morgan fingerprint density at radius 2 is 1.95 bits per heavy atom. The molecule has 1 rings (SSSR count). The lowest BCUT2D eigenvalue weighted by Crippen LogP contribution is -2.40. The van der Waals surface area contributed by atoms with Gasteiger partial charge in [0.15, 0.2) is 5.96 Å². The first-order valence-electron chi connectivity index (χ1n) is 7.42. The quantitative estimate of drug-likeness (QED) is 0.389. The van der Waals surface area contributed by atoms with E-state index in [-0.39, 0.29) is 24.0 Å². The third-order valence-electron chi connectivity index (χ3n) is 2.95. The van der Waals surface area contributed by atoms with Crippen LogP contribution in [0.4, 0.5) is 0 Å². The van der Waals surface area contributed by atoms with Crippen LogP contribution in [0, 0.1) is 5.92 Å². The molecule has 1 fully saturated rings. The number of rotatable bonds is 7. The first-order chi connectivity index (χ1) is 9.13. The van der Waals surface area contributed by atoms with Gasteiger partial charge < -0.3 is 20.1 Å². The molecule has 1 aliphatic rings. The highest BCUT2D eigenvalue weighted by atomic mass is 127. The molecule has 1 atom stereocenters. The lowest BCUT2D eigenvalue weighted by Gasteiger charge is -2.21. The molecule has 1 unspecified atom stereocenters. The molecule has 0 aliphatic carbocycles. The van der Waals surface area contributed by atoms with Gasteiger partial charge in [-0.1, -0.05) is 13.8 Å². The van der Waals surface area contributed by atoms with Crippen molar-refractivity contribution in [2.24, 2.45) is 10.9 Å². The van der Waals surface area contributed by atoms with Gasteiger partial charge in [0.25, 0.3) is 0 Å². The summed E-state index contributed by atoms with van der Waals surface area (Å²) >= 11 is 0. The van der Waals surface area contributed by atoms with E-state index in [4.69, 9.17) is 4.74 Å². The van der Waals surface area contributed by atoms with Crippen LogP contribution in [0.2, 0.25) is 0 Å². The fourth-order valence-electron chi connectivity index (χ4n) is 2.04. The van der Waals surface area contributed by atoms with E-state index in [2.05, 4.69) is 36.0 Å². The second-order valence-corrected chi connectivity index (χ2v) is 5.47. The standard InChI is InChI=1S/C14H29N3O2.HI/c1-4-15-14(17-7-5-6-8-17)16-9-13(18)11-19-10-12(2)3;/h12-13,18H,4-11H2,1-3H3,(H,15,16);1H. The number of nitrogens with zero attached hydrogens (tertiary/aromatic N) is 2. The van der Waals surface area contributed by atoms with Crippen LogP contribution in [0.1, 0.15) is 33.6 Å². The number of hydrogen-bond donors (Lipinski definition) is 2. The van der Waals surface area contributed by atoms with Gasteiger partial charge in [0, 0.05) is 26.2 Å². The maximum atomic E-state index is 9.84. The maximum absolute atomic E-state index is 9.84. The number of ether oxygens (including phenoxy) is 1. The van der Waals surface area contributed by atoms with Crippen molar-refractivity contribution in [3.63, 3.8) is 0 Å². The van der Waals surface area contributed by atoms with Crippen LogP contribution in [0.5, 0.6) is 0 Å². The molecule has 120 valence electrons. The fraction of sp³-hybridized carbons (Fsp3) is 0.929. The summed E-state index contributed by atoms with van der Waals surface area (Å²) < 4.78 is 5.42. The van der Waals surface area contributed by atoms with Crippen LogP contribution >= 0.6 is 24.0 Å². The number of hydrogen-bond acceptors (Lipinski definition) is 3. The van der Waals surface area contributed by atoms with Crippen LogP contribution in [0.3, 0.4) is 0 Å². The molecule has 0 radical (unpaired) electrons. The molecule has 20 heavy (non-hydrogen) atoms. The molecular formula is C14H30IN3O2. The van der Waals surface area contributed by atoms with E-state index in [0.717, 1.165) is 25.6 Å². The molecule has 1 heterocycles. The fourth-order valence-corrected chi connectivity index (χ4v) is 2.04. The van der Waals surface area contributed by atoms with Crippen LogP contribution in [-0.2, 0) is 4.74 Å². The zero-order chi connectivity index (χ0) is 14.1. The van der Waals surface area contributed by atoms with Gasteiger partial charge in [-0.3, -0.25) is 4.99 Å². The zero-order valence-corrected chi connectivity index (χ0v) is 15.3. The van der Waals surface area contributed by atoms with Crippen LogP contribution in [0.25, 0.3) is 0 Å². The molecule has 0 bridgehead atoms. The second kappa shape index (κ2) is 11.6. The Bertz CT molecular complexity index is 269. The van der Waals surface area contributed by atoms with Gasteiger partial charge in [-0.2, -0.15) is 0 Å². The van der Waals surface area contributed by atoms with Crippen molar-refractivity contribution < 1.29 is 9.84 Å². The minimum atomic E-state index is -0.519. The van der Waals surface area contributed by atoms with E-state index in [0.29, 0.717) is 25.7 Å². The van der Waals surface area contributed by atoms with E-state index in [1.54, 1.807) is 0 Å². The van der Waals surface area contributed by atoms with Crippen LogP contribution in [-0.4, -0.2) is 61.5 Å². The molecule has 0 aromatic heterocycles. The third kappa shape index (κ3) is 8.26. The van der Waals surface area contributed by atoms with E-state index in [1.807, 2.05) is 0 Å². The van der Waals surface area contributed by atoms with Gasteiger partial charge in [-0.05, 0) is 25.7 Å². The van der Waals surface area contributed by atoms with Crippen LogP contribution < -0.4 is 5.32 Å². The Morgan fingerprint density at radius 3 is 2.50 bits per heavy atom. The summed E-state index contributed by atoms with van der Waals surface area (Å²) in [7, 11) is 0. The number of aliphatic imine (C=N–C) groups is 1. The summed E-state index contributed by atoms with van der Waals surface area (Å²) in [5.41, 5.74) is 0. The predicted molar refractivity (Wildman–Crippen MR) is 93.9 cm³/mol. The van der Waals surface area contributed by atoms with E-state index >= 15 is 0 Å². The van der Waals surface area contributed by atoms with Crippen molar-refractivity contribution >= 4 is 29.9 Å². The highest BCUT2D eigenvalue weighted by Gasteiger charge is 2.16. The molecule has 1 saturated heterocycles. The molecule has 1 aliphatic heterocycles. The molecule has 0 saturated carbocycles. The van der Waals surface area contributed by atoms with Gasteiger partial charge in [0.05, 0.1) is 19.3 Å².